The molecular formula is C15H28O5S2. The maximum Gasteiger partial charge on any atom is 0.313 e. The number of carboxylic acid groups (broad SMARTS) is 2. The zero-order valence-corrected chi connectivity index (χ0v) is 14.8. The summed E-state index contributed by atoms with van der Waals surface area (Å²) in [6, 6.07) is 0. The van der Waals surface area contributed by atoms with E-state index in [0.29, 0.717) is 0 Å². The molecule has 7 heteroatoms. The van der Waals surface area contributed by atoms with Crippen LogP contribution in [0.15, 0.2) is 0 Å². The van der Waals surface area contributed by atoms with Crippen molar-refractivity contribution in [3.8, 4) is 0 Å². The van der Waals surface area contributed by atoms with Crippen molar-refractivity contribution >= 4 is 35.5 Å². The third-order valence-corrected chi connectivity index (χ3v) is 6.01. The van der Waals surface area contributed by atoms with Gasteiger partial charge in [-0.2, -0.15) is 0 Å². The molecule has 0 saturated carbocycles. The Morgan fingerprint density at radius 2 is 1.32 bits per heavy atom. The van der Waals surface area contributed by atoms with E-state index in [1.165, 1.54) is 23.5 Å². The molecule has 3 N–H and O–H groups in total. The Hall–Kier alpha value is -0.400. The van der Waals surface area contributed by atoms with E-state index in [1.807, 2.05) is 0 Å². The summed E-state index contributed by atoms with van der Waals surface area (Å²) in [6.07, 6.45) is 7.28. The summed E-state index contributed by atoms with van der Waals surface area (Å²) in [5, 5.41) is 27.2. The highest BCUT2D eigenvalue weighted by Gasteiger charge is 2.14. The van der Waals surface area contributed by atoms with Crippen molar-refractivity contribution in [2.75, 3.05) is 11.5 Å². The van der Waals surface area contributed by atoms with Crippen LogP contribution >= 0.6 is 23.5 Å². The summed E-state index contributed by atoms with van der Waals surface area (Å²) >= 11 is 2.57. The second-order valence-electron chi connectivity index (χ2n) is 5.27. The Morgan fingerprint density at radius 1 is 0.864 bits per heavy atom. The van der Waals surface area contributed by atoms with Gasteiger partial charge in [0.05, 0.1) is 22.2 Å². The van der Waals surface area contributed by atoms with E-state index in [9.17, 15) is 14.7 Å². The summed E-state index contributed by atoms with van der Waals surface area (Å²) in [6.45, 7) is 2.14. The maximum atomic E-state index is 10.6. The number of hydrogen-bond donors (Lipinski definition) is 3. The number of aliphatic carboxylic acids is 2. The fraction of sp³-hybridized carbons (Fsp3) is 0.867. The molecule has 0 aliphatic heterocycles. The number of carboxylic acids is 2. The van der Waals surface area contributed by atoms with Crippen LogP contribution in [0.1, 0.15) is 58.3 Å². The Kier molecular flexibility index (Phi) is 14.0. The molecule has 0 aliphatic carbocycles. The monoisotopic (exact) mass is 352 g/mol. The van der Waals surface area contributed by atoms with E-state index >= 15 is 0 Å². The Labute approximate surface area is 141 Å². The van der Waals surface area contributed by atoms with Crippen LogP contribution in [-0.2, 0) is 9.59 Å². The maximum absolute atomic E-state index is 10.6. The molecule has 0 bridgehead atoms. The third kappa shape index (κ3) is 14.5. The minimum Gasteiger partial charge on any atom is -0.481 e. The first-order valence-corrected chi connectivity index (χ1v) is 9.90. The normalized spacial score (nSPS) is 12.5. The number of rotatable bonds is 15. The molecule has 0 saturated heterocycles. The molecule has 0 rings (SSSR count). The lowest BCUT2D eigenvalue weighted by molar-refractivity contribution is -0.134. The summed E-state index contributed by atoms with van der Waals surface area (Å²) < 4.78 is -0.00978. The number of aliphatic hydroxyl groups excluding tert-OH is 1. The van der Waals surface area contributed by atoms with Gasteiger partial charge in [0.25, 0.3) is 0 Å². The Balaban J connectivity index is 3.85. The molecule has 0 spiro atoms. The van der Waals surface area contributed by atoms with Crippen LogP contribution in [0, 0.1) is 0 Å². The quantitative estimate of drug-likeness (QED) is 0.307. The predicted molar refractivity (Wildman–Crippen MR) is 92.6 cm³/mol. The second-order valence-corrected chi connectivity index (χ2v) is 7.95. The van der Waals surface area contributed by atoms with Crippen molar-refractivity contribution < 1.29 is 24.9 Å². The molecule has 1 atom stereocenters. The van der Waals surface area contributed by atoms with Crippen LogP contribution in [0.5, 0.6) is 0 Å². The van der Waals surface area contributed by atoms with E-state index in [-0.39, 0.29) is 22.2 Å². The molecular weight excluding hydrogens is 324 g/mol. The minimum absolute atomic E-state index is 0.00305. The molecule has 130 valence electrons. The van der Waals surface area contributed by atoms with Crippen LogP contribution in [0.2, 0.25) is 0 Å². The predicted octanol–water partition coefficient (Wildman–Crippen LogP) is 3.45. The molecule has 22 heavy (non-hydrogen) atoms. The number of unbranched alkanes of at least 4 members (excludes halogenated alkanes) is 3. The molecule has 5 nitrogen and oxygen atoms in total. The summed E-state index contributed by atoms with van der Waals surface area (Å²) in [5.74, 6) is -1.76. The average Bonchev–Trinajstić information content (AvgIpc) is 2.45. The summed E-state index contributed by atoms with van der Waals surface area (Å²) in [4.78, 5) is 21.2. The first kappa shape index (κ1) is 21.6. The Bertz CT molecular complexity index is 294. The molecule has 0 fully saturated rings. The fourth-order valence-electron chi connectivity index (χ4n) is 2.01. The van der Waals surface area contributed by atoms with Gasteiger partial charge < -0.3 is 15.3 Å². The van der Waals surface area contributed by atoms with Crippen molar-refractivity contribution in [3.05, 3.63) is 0 Å². The zero-order valence-electron chi connectivity index (χ0n) is 13.2. The van der Waals surface area contributed by atoms with Gasteiger partial charge in [0.2, 0.25) is 0 Å². The van der Waals surface area contributed by atoms with Crippen LogP contribution in [0.3, 0.4) is 0 Å². The van der Waals surface area contributed by atoms with Gasteiger partial charge in [-0.3, -0.25) is 9.59 Å². The molecule has 0 aromatic carbocycles. The van der Waals surface area contributed by atoms with Crippen molar-refractivity contribution in [1.82, 2.24) is 0 Å². The van der Waals surface area contributed by atoms with Crippen molar-refractivity contribution in [3.63, 3.8) is 0 Å². The van der Waals surface area contributed by atoms with Crippen LogP contribution in [0.4, 0.5) is 0 Å². The standard InChI is InChI=1S/C15H28O5S2/c1-2-3-4-7-12(16)8-5-6-9-15(21-10-13(17)18)22-11-14(19)20/h12,15-16H,2-11H2,1H3,(H,17,18)(H,19,20). The molecule has 0 aromatic rings. The van der Waals surface area contributed by atoms with E-state index in [0.717, 1.165) is 51.4 Å². The number of thioether (sulfide) groups is 2. The van der Waals surface area contributed by atoms with E-state index in [1.54, 1.807) is 0 Å². The smallest absolute Gasteiger partial charge is 0.313 e. The molecule has 0 aliphatic rings. The molecule has 1 unspecified atom stereocenters. The molecule has 0 amide bonds. The lowest BCUT2D eigenvalue weighted by atomic mass is 10.0. The van der Waals surface area contributed by atoms with Crippen molar-refractivity contribution in [2.24, 2.45) is 0 Å². The van der Waals surface area contributed by atoms with Crippen LogP contribution in [-0.4, -0.2) is 49.4 Å². The van der Waals surface area contributed by atoms with E-state index < -0.39 is 11.9 Å². The highest BCUT2D eigenvalue weighted by Crippen LogP contribution is 2.29. The summed E-state index contributed by atoms with van der Waals surface area (Å²) in [5.41, 5.74) is 0. The van der Waals surface area contributed by atoms with Gasteiger partial charge in [-0.15, -0.1) is 23.5 Å². The lowest BCUT2D eigenvalue weighted by Gasteiger charge is -2.15. The topological polar surface area (TPSA) is 94.8 Å². The minimum atomic E-state index is -0.878. The van der Waals surface area contributed by atoms with E-state index in [2.05, 4.69) is 6.92 Å². The molecule has 0 aromatic heterocycles. The SMILES string of the molecule is CCCCCC(O)CCCCC(SCC(=O)O)SCC(=O)O. The van der Waals surface area contributed by atoms with Gasteiger partial charge in [-0.25, -0.2) is 0 Å². The van der Waals surface area contributed by atoms with Crippen LogP contribution < -0.4 is 0 Å². The number of hydrogen-bond acceptors (Lipinski definition) is 5. The lowest BCUT2D eigenvalue weighted by Crippen LogP contribution is -2.10. The number of aliphatic hydroxyl groups is 1. The first-order valence-electron chi connectivity index (χ1n) is 7.80. The zero-order chi connectivity index (χ0) is 16.8. The number of carbonyl (C=O) groups is 2. The van der Waals surface area contributed by atoms with Crippen molar-refractivity contribution in [1.29, 1.82) is 0 Å². The van der Waals surface area contributed by atoms with Gasteiger partial charge in [-0.1, -0.05) is 39.0 Å². The molecule has 0 heterocycles. The highest BCUT2D eigenvalue weighted by atomic mass is 32.2. The largest absolute Gasteiger partial charge is 0.481 e. The van der Waals surface area contributed by atoms with Crippen LogP contribution in [0.25, 0.3) is 0 Å². The van der Waals surface area contributed by atoms with E-state index in [4.69, 9.17) is 10.2 Å². The first-order chi connectivity index (χ1) is 10.5. The van der Waals surface area contributed by atoms with Gasteiger partial charge in [-0.05, 0) is 19.3 Å². The average molecular weight is 353 g/mol. The second kappa shape index (κ2) is 14.2. The summed E-state index contributed by atoms with van der Waals surface area (Å²) in [7, 11) is 0. The molecule has 0 radical (unpaired) electrons. The fourth-order valence-corrected chi connectivity index (χ4v) is 4.13. The van der Waals surface area contributed by atoms with Gasteiger partial charge in [0, 0.05) is 0 Å². The third-order valence-electron chi connectivity index (χ3n) is 3.15. The van der Waals surface area contributed by atoms with Gasteiger partial charge >= 0.3 is 11.9 Å². The Morgan fingerprint density at radius 3 is 1.77 bits per heavy atom. The van der Waals surface area contributed by atoms with Gasteiger partial charge in [0.15, 0.2) is 0 Å². The van der Waals surface area contributed by atoms with Crippen molar-refractivity contribution in [2.45, 2.75) is 69.0 Å². The highest BCUT2D eigenvalue weighted by molar-refractivity contribution is 8.17. The van der Waals surface area contributed by atoms with Gasteiger partial charge in [0.1, 0.15) is 0 Å².